The van der Waals surface area contributed by atoms with Crippen molar-refractivity contribution in [3.05, 3.63) is 65.4 Å². The van der Waals surface area contributed by atoms with Crippen molar-refractivity contribution in [3.8, 4) is 5.75 Å². The van der Waals surface area contributed by atoms with Crippen molar-refractivity contribution >= 4 is 26.5 Å². The van der Waals surface area contributed by atoms with Crippen LogP contribution in [-0.2, 0) is 10.0 Å². The molecule has 1 aromatic heterocycles. The van der Waals surface area contributed by atoms with E-state index in [9.17, 15) is 8.42 Å². The number of hydrogen-bond acceptors (Lipinski definition) is 3. The molecule has 0 spiro atoms. The standard InChI is InChI=1S/C22H24N2O3S/c1-15-13-22(16(2)12-21(15)27-3)28(25,26)24-10-8-17(9-11-24)19-14-23-20-7-5-4-6-18(19)20/h4-8,12-14,23H,9-11H2,1-3H3. The van der Waals surface area contributed by atoms with Crippen molar-refractivity contribution in [2.75, 3.05) is 20.2 Å². The van der Waals surface area contributed by atoms with E-state index in [0.717, 1.165) is 16.6 Å². The van der Waals surface area contributed by atoms with Crippen molar-refractivity contribution in [1.29, 1.82) is 0 Å². The van der Waals surface area contributed by atoms with E-state index in [1.165, 1.54) is 11.0 Å². The van der Waals surface area contributed by atoms with Gasteiger partial charge in [-0.3, -0.25) is 0 Å². The van der Waals surface area contributed by atoms with Gasteiger partial charge in [-0.25, -0.2) is 8.42 Å². The molecular formula is C22H24N2O3S. The Bertz CT molecular complexity index is 1180. The van der Waals surface area contributed by atoms with E-state index in [0.29, 0.717) is 35.7 Å². The Morgan fingerprint density at radius 1 is 1.11 bits per heavy atom. The SMILES string of the molecule is COc1cc(C)c(S(=O)(=O)N2CC=C(c3c[nH]c4ccccc34)CC2)cc1C. The fourth-order valence-electron chi connectivity index (χ4n) is 3.85. The second-order valence-corrected chi connectivity index (χ2v) is 9.08. The molecule has 0 aliphatic carbocycles. The normalized spacial score (nSPS) is 15.6. The summed E-state index contributed by atoms with van der Waals surface area (Å²) in [6, 6.07) is 11.7. The van der Waals surface area contributed by atoms with Crippen LogP contribution in [-0.4, -0.2) is 37.9 Å². The number of aryl methyl sites for hydroxylation is 2. The molecule has 0 unspecified atom stereocenters. The van der Waals surface area contributed by atoms with Crippen LogP contribution in [0, 0.1) is 13.8 Å². The number of nitrogens with zero attached hydrogens (tertiary/aromatic N) is 1. The number of sulfonamides is 1. The van der Waals surface area contributed by atoms with Crippen LogP contribution in [0.4, 0.5) is 0 Å². The molecule has 6 heteroatoms. The number of para-hydroxylation sites is 1. The number of benzene rings is 2. The van der Waals surface area contributed by atoms with Crippen molar-refractivity contribution in [2.24, 2.45) is 0 Å². The van der Waals surface area contributed by atoms with Gasteiger partial charge >= 0.3 is 0 Å². The van der Waals surface area contributed by atoms with Crippen LogP contribution in [0.25, 0.3) is 16.5 Å². The number of rotatable bonds is 4. The molecule has 4 rings (SSSR count). The van der Waals surface area contributed by atoms with Crippen LogP contribution in [0.15, 0.2) is 53.6 Å². The first kappa shape index (κ1) is 18.8. The Hall–Kier alpha value is -2.57. The molecular weight excluding hydrogens is 372 g/mol. The summed E-state index contributed by atoms with van der Waals surface area (Å²) in [6.07, 6.45) is 4.73. The maximum absolute atomic E-state index is 13.2. The molecule has 0 fully saturated rings. The fourth-order valence-corrected chi connectivity index (χ4v) is 5.52. The summed E-state index contributed by atoms with van der Waals surface area (Å²) in [6.45, 7) is 4.52. The molecule has 146 valence electrons. The Balaban J connectivity index is 1.63. The summed E-state index contributed by atoms with van der Waals surface area (Å²) in [5.41, 5.74) is 4.96. The summed E-state index contributed by atoms with van der Waals surface area (Å²) in [5, 5.41) is 1.17. The number of aromatic amines is 1. The van der Waals surface area contributed by atoms with Crippen LogP contribution in [0.5, 0.6) is 5.75 Å². The number of fused-ring (bicyclic) bond motifs is 1. The molecule has 0 saturated carbocycles. The van der Waals surface area contributed by atoms with Crippen LogP contribution < -0.4 is 4.74 Å². The summed E-state index contributed by atoms with van der Waals surface area (Å²) in [5.74, 6) is 0.705. The second kappa shape index (κ2) is 7.11. The molecule has 28 heavy (non-hydrogen) atoms. The fraction of sp³-hybridized carbons (Fsp3) is 0.273. The maximum atomic E-state index is 13.2. The molecule has 1 N–H and O–H groups in total. The molecule has 2 aromatic carbocycles. The van der Waals surface area contributed by atoms with Gasteiger partial charge in [0.15, 0.2) is 0 Å². The number of hydrogen-bond donors (Lipinski definition) is 1. The lowest BCUT2D eigenvalue weighted by atomic mass is 10.00. The van der Waals surface area contributed by atoms with Gasteiger partial charge in [-0.05, 0) is 55.2 Å². The van der Waals surface area contributed by atoms with Gasteiger partial charge in [-0.15, -0.1) is 0 Å². The Kier molecular flexibility index (Phi) is 4.77. The van der Waals surface area contributed by atoms with E-state index in [2.05, 4.69) is 11.1 Å². The minimum atomic E-state index is -3.55. The average molecular weight is 397 g/mol. The number of methoxy groups -OCH3 is 1. The Morgan fingerprint density at radius 3 is 2.61 bits per heavy atom. The number of aromatic nitrogens is 1. The monoisotopic (exact) mass is 396 g/mol. The van der Waals surface area contributed by atoms with Gasteiger partial charge in [0.05, 0.1) is 12.0 Å². The van der Waals surface area contributed by atoms with Gasteiger partial charge in [0.2, 0.25) is 10.0 Å². The molecule has 0 amide bonds. The Morgan fingerprint density at radius 2 is 1.89 bits per heavy atom. The van der Waals surface area contributed by atoms with Gasteiger partial charge in [-0.2, -0.15) is 4.31 Å². The largest absolute Gasteiger partial charge is 0.496 e. The molecule has 0 bridgehead atoms. The Labute approximate surface area is 165 Å². The van der Waals surface area contributed by atoms with Crippen molar-refractivity contribution in [1.82, 2.24) is 9.29 Å². The molecule has 1 aliphatic rings. The molecule has 0 atom stereocenters. The highest BCUT2D eigenvalue weighted by molar-refractivity contribution is 7.89. The first-order chi connectivity index (χ1) is 13.4. The van der Waals surface area contributed by atoms with Gasteiger partial charge in [0, 0.05) is 35.8 Å². The highest BCUT2D eigenvalue weighted by Gasteiger charge is 2.28. The number of H-pyrrole nitrogens is 1. The maximum Gasteiger partial charge on any atom is 0.243 e. The number of ether oxygens (including phenoxy) is 1. The lowest BCUT2D eigenvalue weighted by molar-refractivity contribution is 0.410. The van der Waals surface area contributed by atoms with E-state index in [1.54, 1.807) is 23.5 Å². The van der Waals surface area contributed by atoms with Crippen LogP contribution in [0.2, 0.25) is 0 Å². The smallest absolute Gasteiger partial charge is 0.243 e. The lowest BCUT2D eigenvalue weighted by Crippen LogP contribution is -2.35. The summed E-state index contributed by atoms with van der Waals surface area (Å²) < 4.78 is 33.3. The van der Waals surface area contributed by atoms with Gasteiger partial charge < -0.3 is 9.72 Å². The summed E-state index contributed by atoms with van der Waals surface area (Å²) in [4.78, 5) is 3.65. The first-order valence-electron chi connectivity index (χ1n) is 9.32. The first-order valence-corrected chi connectivity index (χ1v) is 10.8. The lowest BCUT2D eigenvalue weighted by Gasteiger charge is -2.27. The minimum Gasteiger partial charge on any atom is -0.496 e. The zero-order chi connectivity index (χ0) is 19.9. The average Bonchev–Trinajstić information content (AvgIpc) is 3.13. The molecule has 2 heterocycles. The third-order valence-corrected chi connectivity index (χ3v) is 7.42. The molecule has 1 aliphatic heterocycles. The molecule has 5 nitrogen and oxygen atoms in total. The van der Waals surface area contributed by atoms with Crippen LogP contribution in [0.1, 0.15) is 23.1 Å². The van der Waals surface area contributed by atoms with Gasteiger partial charge in [0.1, 0.15) is 5.75 Å². The van der Waals surface area contributed by atoms with Crippen LogP contribution in [0.3, 0.4) is 0 Å². The van der Waals surface area contributed by atoms with Crippen LogP contribution >= 0.6 is 0 Å². The molecule has 3 aromatic rings. The van der Waals surface area contributed by atoms with Gasteiger partial charge in [-0.1, -0.05) is 24.3 Å². The minimum absolute atomic E-state index is 0.356. The van der Waals surface area contributed by atoms with Gasteiger partial charge in [0.25, 0.3) is 0 Å². The second-order valence-electron chi connectivity index (χ2n) is 7.18. The summed E-state index contributed by atoms with van der Waals surface area (Å²) >= 11 is 0. The van der Waals surface area contributed by atoms with E-state index in [1.807, 2.05) is 44.3 Å². The van der Waals surface area contributed by atoms with Crippen molar-refractivity contribution in [2.45, 2.75) is 25.2 Å². The van der Waals surface area contributed by atoms with E-state index in [4.69, 9.17) is 4.74 Å². The number of nitrogens with one attached hydrogen (secondary N) is 1. The zero-order valence-corrected chi connectivity index (χ0v) is 17.1. The van der Waals surface area contributed by atoms with E-state index < -0.39 is 10.0 Å². The predicted octanol–water partition coefficient (Wildman–Crippen LogP) is 4.27. The summed E-state index contributed by atoms with van der Waals surface area (Å²) in [7, 11) is -1.95. The zero-order valence-electron chi connectivity index (χ0n) is 16.3. The van der Waals surface area contributed by atoms with Crippen molar-refractivity contribution in [3.63, 3.8) is 0 Å². The topological polar surface area (TPSA) is 62.4 Å². The quantitative estimate of drug-likeness (QED) is 0.716. The third-order valence-electron chi connectivity index (χ3n) is 5.42. The molecule has 0 saturated heterocycles. The van der Waals surface area contributed by atoms with Crippen molar-refractivity contribution < 1.29 is 13.2 Å². The molecule has 0 radical (unpaired) electrons. The van der Waals surface area contributed by atoms with E-state index >= 15 is 0 Å². The third kappa shape index (κ3) is 3.12. The predicted molar refractivity (Wildman–Crippen MR) is 112 cm³/mol. The highest BCUT2D eigenvalue weighted by atomic mass is 32.2. The highest BCUT2D eigenvalue weighted by Crippen LogP contribution is 2.32. The van der Waals surface area contributed by atoms with E-state index in [-0.39, 0.29) is 0 Å².